The van der Waals surface area contributed by atoms with Crippen molar-refractivity contribution in [1.82, 2.24) is 10.2 Å². The molecular weight excluding hydrogens is 333 g/mol. The Bertz CT molecular complexity index is 459. The van der Waals surface area contributed by atoms with Gasteiger partial charge in [0.05, 0.1) is 11.3 Å². The molecule has 0 radical (unpaired) electrons. The molecule has 3 nitrogen and oxygen atoms in total. The zero-order chi connectivity index (χ0) is 10.7. The Morgan fingerprint density at radius 1 is 1.19 bits per heavy atom. The normalized spacial score (nSPS) is 9.62. The van der Waals surface area contributed by atoms with Gasteiger partial charge in [0.1, 0.15) is 12.1 Å². The van der Waals surface area contributed by atoms with Gasteiger partial charge in [0, 0.05) is 6.07 Å². The third-order valence-corrected chi connectivity index (χ3v) is 2.72. The van der Waals surface area contributed by atoms with Crippen LogP contribution < -0.4 is 28.5 Å². The fourth-order valence-corrected chi connectivity index (χ4v) is 1.65. The number of hydrogen-bond acceptors (Lipinski definition) is 3. The Labute approximate surface area is 116 Å². The Balaban J connectivity index is 0.00000128. The Morgan fingerprint density at radius 3 is 2.56 bits per heavy atom. The van der Waals surface area contributed by atoms with Crippen molar-refractivity contribution in [3.8, 4) is 11.3 Å². The van der Waals surface area contributed by atoms with E-state index >= 15 is 0 Å². The van der Waals surface area contributed by atoms with Gasteiger partial charge in [-0.1, -0.05) is 0 Å². The van der Waals surface area contributed by atoms with Gasteiger partial charge < -0.3 is 24.0 Å². The second-order valence-electron chi connectivity index (χ2n) is 3.22. The molecule has 0 saturated heterocycles. The Kier molecular flexibility index (Phi) is 5.14. The highest BCUT2D eigenvalue weighted by Gasteiger charge is 2.03. The Morgan fingerprint density at radius 2 is 2.00 bits per heavy atom. The van der Waals surface area contributed by atoms with Crippen molar-refractivity contribution in [1.29, 1.82) is 0 Å². The highest BCUT2D eigenvalue weighted by molar-refractivity contribution is 7.98. The van der Waals surface area contributed by atoms with Gasteiger partial charge in [0.2, 0.25) is 0 Å². The van der Waals surface area contributed by atoms with Crippen molar-refractivity contribution in [2.45, 2.75) is 5.03 Å². The molecule has 16 heavy (non-hydrogen) atoms. The van der Waals surface area contributed by atoms with Crippen molar-refractivity contribution in [2.75, 3.05) is 6.26 Å². The number of nitrogens with zero attached hydrogens (tertiary/aromatic N) is 3. The zero-order valence-electron chi connectivity index (χ0n) is 9.09. The quantitative estimate of drug-likeness (QED) is 0.385. The van der Waals surface area contributed by atoms with E-state index in [1.807, 2.05) is 54.5 Å². The van der Waals surface area contributed by atoms with Gasteiger partial charge in [-0.05, 0) is 24.5 Å². The van der Waals surface area contributed by atoms with Crippen LogP contribution >= 0.6 is 11.8 Å². The largest absolute Gasteiger partial charge is 1.00 e. The monoisotopic (exact) mass is 345 g/mol. The lowest BCUT2D eigenvalue weighted by molar-refractivity contribution is -0.671. The molecular formula is C11H12IN3S. The minimum Gasteiger partial charge on any atom is -1.00 e. The molecule has 0 N–H and O–H groups in total. The number of pyridine rings is 1. The first kappa shape index (κ1) is 13.4. The molecule has 2 aromatic rings. The molecule has 2 heterocycles. The number of hydrogen-bond donors (Lipinski definition) is 0. The van der Waals surface area contributed by atoms with Crippen molar-refractivity contribution in [3.05, 3.63) is 36.7 Å². The maximum atomic E-state index is 4.18. The standard InChI is InChI=1S/C11H12N3S.HI/c1-14-7-3-4-9(8-14)10-5-6-11(15-2)13-12-10;/h3-8H,1-2H3;1H/q+1;/p-1. The maximum Gasteiger partial charge on any atom is 0.178 e. The maximum absolute atomic E-state index is 4.18. The third kappa shape index (κ3) is 3.15. The first-order chi connectivity index (χ1) is 7.29. The molecule has 2 aromatic heterocycles. The smallest absolute Gasteiger partial charge is 0.178 e. The molecule has 0 fully saturated rings. The predicted octanol–water partition coefficient (Wildman–Crippen LogP) is -1.31. The van der Waals surface area contributed by atoms with E-state index in [0.29, 0.717) is 0 Å². The lowest BCUT2D eigenvalue weighted by Crippen LogP contribution is -3.00. The molecule has 84 valence electrons. The van der Waals surface area contributed by atoms with E-state index in [1.54, 1.807) is 11.8 Å². The molecule has 0 aliphatic carbocycles. The van der Waals surface area contributed by atoms with Gasteiger partial charge >= 0.3 is 0 Å². The summed E-state index contributed by atoms with van der Waals surface area (Å²) in [6.07, 6.45) is 6.02. The van der Waals surface area contributed by atoms with Gasteiger partial charge in [0.15, 0.2) is 12.4 Å². The fourth-order valence-electron chi connectivity index (χ4n) is 1.32. The van der Waals surface area contributed by atoms with Crippen molar-refractivity contribution in [3.63, 3.8) is 0 Å². The van der Waals surface area contributed by atoms with Crippen LogP contribution in [0.25, 0.3) is 11.3 Å². The summed E-state index contributed by atoms with van der Waals surface area (Å²) in [5.41, 5.74) is 1.99. The number of aromatic nitrogens is 3. The third-order valence-electron chi connectivity index (χ3n) is 2.08. The van der Waals surface area contributed by atoms with Gasteiger partial charge in [-0.2, -0.15) is 0 Å². The van der Waals surface area contributed by atoms with Crippen molar-refractivity contribution < 1.29 is 28.5 Å². The summed E-state index contributed by atoms with van der Waals surface area (Å²) >= 11 is 1.60. The molecule has 0 bridgehead atoms. The summed E-state index contributed by atoms with van der Waals surface area (Å²) in [6, 6.07) is 8.01. The van der Waals surface area contributed by atoms with Crippen LogP contribution in [0, 0.1) is 0 Å². The first-order valence-corrected chi connectivity index (χ1v) is 5.85. The van der Waals surface area contributed by atoms with E-state index in [4.69, 9.17) is 0 Å². The molecule has 0 aliphatic heterocycles. The van der Waals surface area contributed by atoms with Crippen LogP contribution in [0.15, 0.2) is 41.7 Å². The topological polar surface area (TPSA) is 29.7 Å². The first-order valence-electron chi connectivity index (χ1n) is 4.63. The fraction of sp³-hybridized carbons (Fsp3) is 0.182. The summed E-state index contributed by atoms with van der Waals surface area (Å²) in [5.74, 6) is 0. The highest BCUT2D eigenvalue weighted by Crippen LogP contribution is 2.16. The number of rotatable bonds is 2. The number of aryl methyl sites for hydroxylation is 1. The molecule has 0 spiro atoms. The van der Waals surface area contributed by atoms with E-state index in [-0.39, 0.29) is 24.0 Å². The lowest BCUT2D eigenvalue weighted by Gasteiger charge is -1.98. The average Bonchev–Trinajstić information content (AvgIpc) is 2.29. The van der Waals surface area contributed by atoms with Crippen LogP contribution in [0.4, 0.5) is 0 Å². The summed E-state index contributed by atoms with van der Waals surface area (Å²) in [5, 5.41) is 9.23. The molecule has 0 aliphatic rings. The van der Waals surface area contributed by atoms with Crippen LogP contribution in [-0.2, 0) is 7.05 Å². The van der Waals surface area contributed by atoms with E-state index in [1.165, 1.54) is 0 Å². The van der Waals surface area contributed by atoms with Gasteiger partial charge in [-0.3, -0.25) is 0 Å². The molecule has 0 unspecified atom stereocenters. The van der Waals surface area contributed by atoms with Crippen LogP contribution in [0.2, 0.25) is 0 Å². The SMILES string of the molecule is CSc1ccc(-c2ccc[n+](C)c2)nn1.[I-]. The molecule has 0 amide bonds. The summed E-state index contributed by atoms with van der Waals surface area (Å²) in [7, 11) is 1.99. The van der Waals surface area contributed by atoms with E-state index in [9.17, 15) is 0 Å². The molecule has 5 heteroatoms. The molecule has 0 atom stereocenters. The molecule has 0 aromatic carbocycles. The van der Waals surface area contributed by atoms with Crippen LogP contribution in [-0.4, -0.2) is 16.5 Å². The van der Waals surface area contributed by atoms with Gasteiger partial charge in [0.25, 0.3) is 0 Å². The molecule has 0 saturated carbocycles. The summed E-state index contributed by atoms with van der Waals surface area (Å²) in [6.45, 7) is 0. The average molecular weight is 345 g/mol. The van der Waals surface area contributed by atoms with Crippen molar-refractivity contribution in [2.24, 2.45) is 7.05 Å². The van der Waals surface area contributed by atoms with Crippen LogP contribution in [0.1, 0.15) is 0 Å². The zero-order valence-corrected chi connectivity index (χ0v) is 12.1. The minimum atomic E-state index is 0. The van der Waals surface area contributed by atoms with E-state index in [2.05, 4.69) is 10.2 Å². The van der Waals surface area contributed by atoms with Gasteiger partial charge in [-0.15, -0.1) is 22.0 Å². The van der Waals surface area contributed by atoms with E-state index in [0.717, 1.165) is 16.3 Å². The summed E-state index contributed by atoms with van der Waals surface area (Å²) in [4.78, 5) is 0. The van der Waals surface area contributed by atoms with E-state index < -0.39 is 0 Å². The van der Waals surface area contributed by atoms with Crippen LogP contribution in [0.5, 0.6) is 0 Å². The Hall–Kier alpha value is -0.690. The second-order valence-corrected chi connectivity index (χ2v) is 4.05. The molecule has 2 rings (SSSR count). The lowest BCUT2D eigenvalue weighted by atomic mass is 10.2. The van der Waals surface area contributed by atoms with Crippen molar-refractivity contribution >= 4 is 11.8 Å². The summed E-state index contributed by atoms with van der Waals surface area (Å²) < 4.78 is 2.00. The number of thioether (sulfide) groups is 1. The predicted molar refractivity (Wildman–Crippen MR) is 60.4 cm³/mol. The highest BCUT2D eigenvalue weighted by atomic mass is 127. The van der Waals surface area contributed by atoms with Crippen LogP contribution in [0.3, 0.4) is 0 Å². The number of halogens is 1. The minimum absolute atomic E-state index is 0. The van der Waals surface area contributed by atoms with Gasteiger partial charge in [-0.25, -0.2) is 4.57 Å². The second kappa shape index (κ2) is 6.15.